The molecule has 0 radical (unpaired) electrons. The predicted molar refractivity (Wildman–Crippen MR) is 117 cm³/mol. The number of hydrogen-bond acceptors (Lipinski definition) is 4. The second-order valence-electron chi connectivity index (χ2n) is 7.80. The van der Waals surface area contributed by atoms with Gasteiger partial charge in [-0.25, -0.2) is 4.98 Å². The number of nitrogens with one attached hydrogen (secondary N) is 2. The van der Waals surface area contributed by atoms with Crippen molar-refractivity contribution in [1.82, 2.24) is 14.9 Å². The second-order valence-corrected chi connectivity index (χ2v) is 8.66. The van der Waals surface area contributed by atoms with Crippen molar-refractivity contribution in [2.75, 3.05) is 11.9 Å². The van der Waals surface area contributed by atoms with E-state index in [0.29, 0.717) is 10.7 Å². The first-order valence-electron chi connectivity index (χ1n) is 9.57. The van der Waals surface area contributed by atoms with Crippen LogP contribution in [0.3, 0.4) is 0 Å². The third-order valence-electron chi connectivity index (χ3n) is 4.52. The Kier molecular flexibility index (Phi) is 6.17. The van der Waals surface area contributed by atoms with Crippen LogP contribution in [-0.4, -0.2) is 27.9 Å². The number of nitrogens with zero attached hydrogens (tertiary/aromatic N) is 2. The number of aromatic nitrogens is 2. The normalized spacial score (nSPS) is 11.3. The minimum Gasteiger partial charge on any atom is -0.348 e. The predicted octanol–water partition coefficient (Wildman–Crippen LogP) is 4.30. The van der Waals surface area contributed by atoms with Gasteiger partial charge in [-0.1, -0.05) is 25.1 Å². The summed E-state index contributed by atoms with van der Waals surface area (Å²) in [6.07, 6.45) is 4.60. The Morgan fingerprint density at radius 3 is 2.69 bits per heavy atom. The van der Waals surface area contributed by atoms with Crippen LogP contribution in [0, 0.1) is 0 Å². The van der Waals surface area contributed by atoms with Crippen LogP contribution in [0.5, 0.6) is 0 Å². The molecule has 3 rings (SSSR count). The topological polar surface area (TPSA) is 76.0 Å². The van der Waals surface area contributed by atoms with E-state index < -0.39 is 0 Å². The van der Waals surface area contributed by atoms with Crippen molar-refractivity contribution in [1.29, 1.82) is 0 Å². The lowest BCUT2D eigenvalue weighted by molar-refractivity contribution is -0.115. The Hall–Kier alpha value is -2.93. The number of amides is 2. The van der Waals surface area contributed by atoms with Crippen molar-refractivity contribution in [3.63, 3.8) is 0 Å². The van der Waals surface area contributed by atoms with Gasteiger partial charge in [-0.05, 0) is 44.9 Å². The van der Waals surface area contributed by atoms with Crippen molar-refractivity contribution >= 4 is 28.3 Å². The molecule has 0 saturated heterocycles. The fraction of sp³-hybridized carbons (Fsp3) is 0.318. The number of benzene rings is 1. The summed E-state index contributed by atoms with van der Waals surface area (Å²) in [5, 5.41) is 7.82. The largest absolute Gasteiger partial charge is 0.348 e. The maximum Gasteiger partial charge on any atom is 0.253 e. The van der Waals surface area contributed by atoms with E-state index in [0.717, 1.165) is 17.7 Å². The standard InChI is InChI=1S/C22H26N4O2S/c1-5-15-7-6-8-16(11-15)18-14-29-21(24-18)25-19(27)12-23-20(28)17-9-10-26(13-17)22(2,3)4/h6-11,13-14H,5,12H2,1-4H3,(H,23,28)(H,24,25,27). The lowest BCUT2D eigenvalue weighted by Crippen LogP contribution is -2.32. The molecule has 0 bridgehead atoms. The first-order chi connectivity index (χ1) is 13.8. The van der Waals surface area contributed by atoms with Crippen LogP contribution in [-0.2, 0) is 16.8 Å². The monoisotopic (exact) mass is 410 g/mol. The van der Waals surface area contributed by atoms with Crippen molar-refractivity contribution < 1.29 is 9.59 Å². The lowest BCUT2D eigenvalue weighted by atomic mass is 10.1. The Bertz CT molecular complexity index is 1010. The average Bonchev–Trinajstić information content (AvgIpc) is 3.36. The summed E-state index contributed by atoms with van der Waals surface area (Å²) in [5.41, 5.74) is 3.52. The molecule has 2 aromatic heterocycles. The summed E-state index contributed by atoms with van der Waals surface area (Å²) in [7, 11) is 0. The van der Waals surface area contributed by atoms with Gasteiger partial charge in [0.1, 0.15) is 0 Å². The van der Waals surface area contributed by atoms with Crippen LogP contribution in [0.2, 0.25) is 0 Å². The zero-order chi connectivity index (χ0) is 21.0. The molecule has 29 heavy (non-hydrogen) atoms. The summed E-state index contributed by atoms with van der Waals surface area (Å²) < 4.78 is 1.96. The molecule has 1 aromatic carbocycles. The fourth-order valence-corrected chi connectivity index (χ4v) is 3.52. The molecule has 0 fully saturated rings. The molecular weight excluding hydrogens is 384 g/mol. The van der Waals surface area contributed by atoms with E-state index in [-0.39, 0.29) is 23.9 Å². The highest BCUT2D eigenvalue weighted by molar-refractivity contribution is 7.14. The minimum atomic E-state index is -0.309. The molecule has 3 aromatic rings. The third kappa shape index (κ3) is 5.32. The van der Waals surface area contributed by atoms with E-state index >= 15 is 0 Å². The van der Waals surface area contributed by atoms with Gasteiger partial charge in [0, 0.05) is 28.9 Å². The van der Waals surface area contributed by atoms with E-state index in [4.69, 9.17) is 0 Å². The molecule has 0 unspecified atom stereocenters. The number of aryl methyl sites for hydroxylation is 1. The van der Waals surface area contributed by atoms with Gasteiger partial charge < -0.3 is 15.2 Å². The summed E-state index contributed by atoms with van der Waals surface area (Å²) in [4.78, 5) is 29.0. The quantitative estimate of drug-likeness (QED) is 0.636. The molecule has 152 valence electrons. The number of anilines is 1. The van der Waals surface area contributed by atoms with E-state index in [1.165, 1.54) is 16.9 Å². The van der Waals surface area contributed by atoms with E-state index in [1.807, 2.05) is 28.3 Å². The van der Waals surface area contributed by atoms with E-state index in [2.05, 4.69) is 55.4 Å². The van der Waals surface area contributed by atoms with Crippen LogP contribution in [0.15, 0.2) is 48.1 Å². The zero-order valence-electron chi connectivity index (χ0n) is 17.2. The highest BCUT2D eigenvalue weighted by Crippen LogP contribution is 2.25. The second kappa shape index (κ2) is 8.61. The summed E-state index contributed by atoms with van der Waals surface area (Å²) >= 11 is 1.36. The molecule has 0 atom stereocenters. The summed E-state index contributed by atoms with van der Waals surface area (Å²) in [6, 6.07) is 9.94. The highest BCUT2D eigenvalue weighted by Gasteiger charge is 2.16. The first-order valence-corrected chi connectivity index (χ1v) is 10.5. The molecule has 0 spiro atoms. The van der Waals surface area contributed by atoms with Gasteiger partial charge in [0.15, 0.2) is 5.13 Å². The summed E-state index contributed by atoms with van der Waals surface area (Å²) in [6.45, 7) is 8.17. The maximum absolute atomic E-state index is 12.3. The number of thiazole rings is 1. The fourth-order valence-electron chi connectivity index (χ4n) is 2.79. The SMILES string of the molecule is CCc1cccc(-c2csc(NC(=O)CNC(=O)c3ccn(C(C)(C)C)c3)n2)c1. The average molecular weight is 411 g/mol. The number of carbonyl (C=O) groups excluding carboxylic acids is 2. The van der Waals surface area contributed by atoms with Crippen molar-refractivity contribution in [2.45, 2.75) is 39.7 Å². The Morgan fingerprint density at radius 1 is 1.21 bits per heavy atom. The van der Waals surface area contributed by atoms with E-state index in [9.17, 15) is 9.59 Å². The van der Waals surface area contributed by atoms with Gasteiger partial charge in [0.25, 0.3) is 5.91 Å². The Balaban J connectivity index is 1.55. The molecular formula is C22H26N4O2S. The van der Waals surface area contributed by atoms with Crippen LogP contribution in [0.25, 0.3) is 11.3 Å². The van der Waals surface area contributed by atoms with Gasteiger partial charge in [-0.2, -0.15) is 0 Å². The first kappa shape index (κ1) is 20.8. The van der Waals surface area contributed by atoms with Crippen LogP contribution >= 0.6 is 11.3 Å². The van der Waals surface area contributed by atoms with Gasteiger partial charge in [0.05, 0.1) is 17.8 Å². The molecule has 0 aliphatic rings. The third-order valence-corrected chi connectivity index (χ3v) is 5.28. The molecule has 2 N–H and O–H groups in total. The van der Waals surface area contributed by atoms with Gasteiger partial charge in [-0.15, -0.1) is 11.3 Å². The number of carbonyl (C=O) groups is 2. The van der Waals surface area contributed by atoms with Gasteiger partial charge >= 0.3 is 0 Å². The Labute approximate surface area is 175 Å². The smallest absolute Gasteiger partial charge is 0.253 e. The van der Waals surface area contributed by atoms with Gasteiger partial charge in [0.2, 0.25) is 5.91 Å². The van der Waals surface area contributed by atoms with E-state index in [1.54, 1.807) is 12.3 Å². The number of hydrogen-bond donors (Lipinski definition) is 2. The molecule has 0 aliphatic carbocycles. The van der Waals surface area contributed by atoms with Crippen molar-refractivity contribution in [3.8, 4) is 11.3 Å². The van der Waals surface area contributed by atoms with Gasteiger partial charge in [-0.3, -0.25) is 9.59 Å². The highest BCUT2D eigenvalue weighted by atomic mass is 32.1. The molecule has 7 heteroatoms. The molecule has 0 aliphatic heterocycles. The van der Waals surface area contributed by atoms with Crippen LogP contribution < -0.4 is 10.6 Å². The minimum absolute atomic E-state index is 0.102. The van der Waals surface area contributed by atoms with Crippen molar-refractivity contribution in [3.05, 3.63) is 59.2 Å². The zero-order valence-corrected chi connectivity index (χ0v) is 18.0. The molecule has 6 nitrogen and oxygen atoms in total. The van der Waals surface area contributed by atoms with Crippen LogP contribution in [0.1, 0.15) is 43.6 Å². The summed E-state index contributed by atoms with van der Waals surface area (Å²) in [5.74, 6) is -0.587. The molecule has 2 heterocycles. The lowest BCUT2D eigenvalue weighted by Gasteiger charge is -2.20. The Morgan fingerprint density at radius 2 is 2.00 bits per heavy atom. The molecule has 2 amide bonds. The van der Waals surface area contributed by atoms with Crippen molar-refractivity contribution in [2.24, 2.45) is 0 Å². The number of rotatable bonds is 6. The van der Waals surface area contributed by atoms with Crippen LogP contribution in [0.4, 0.5) is 5.13 Å². The molecule has 0 saturated carbocycles. The maximum atomic E-state index is 12.3.